The van der Waals surface area contributed by atoms with E-state index in [1.807, 2.05) is 4.90 Å². The minimum Gasteiger partial charge on any atom is -0.755 e. The fourth-order valence-corrected chi connectivity index (χ4v) is 5.69. The minimum atomic E-state index is -2.74. The first-order valence-corrected chi connectivity index (χ1v) is 11.9. The molecule has 0 aromatic carbocycles. The maximum atomic E-state index is 13.2. The summed E-state index contributed by atoms with van der Waals surface area (Å²) in [6.07, 6.45) is 12.2. The normalized spacial score (nSPS) is 19.5. The summed E-state index contributed by atoms with van der Waals surface area (Å²) in [5.74, 6) is -1.27. The number of aromatic nitrogens is 1. The second-order valence-corrected chi connectivity index (χ2v) is 9.46. The number of carbonyl (C=O) groups excluding carboxylic acids is 1. The second kappa shape index (κ2) is 10.4. The average molecular weight is 444 g/mol. The molecule has 0 saturated heterocycles. The average Bonchev–Trinajstić information content (AvgIpc) is 3.15. The van der Waals surface area contributed by atoms with E-state index in [0.29, 0.717) is 4.31 Å². The highest BCUT2D eigenvalue weighted by Gasteiger charge is 2.33. The SMILES string of the molecule is O=C(O)CN(c1cnc(NC(=O)N(C2CCCCC2)C2CCCCC2)s1)S(=O)[O-]. The number of rotatable bonds is 7. The molecule has 2 saturated carbocycles. The monoisotopic (exact) mass is 443 g/mol. The molecule has 1 aromatic heterocycles. The molecule has 0 radical (unpaired) electrons. The molecule has 1 atom stereocenters. The lowest BCUT2D eigenvalue weighted by atomic mass is 9.89. The summed E-state index contributed by atoms with van der Waals surface area (Å²) in [6, 6.07) is 0.255. The molecule has 2 aliphatic carbocycles. The van der Waals surface area contributed by atoms with E-state index in [1.54, 1.807) is 0 Å². The van der Waals surface area contributed by atoms with Crippen LogP contribution in [0.5, 0.6) is 0 Å². The highest BCUT2D eigenvalue weighted by molar-refractivity contribution is 7.81. The number of nitrogens with zero attached hydrogens (tertiary/aromatic N) is 3. The highest BCUT2D eigenvalue weighted by Crippen LogP contribution is 2.32. The van der Waals surface area contributed by atoms with Crippen LogP contribution in [0, 0.1) is 0 Å². The maximum absolute atomic E-state index is 13.2. The number of carboxylic acid groups (broad SMARTS) is 1. The van der Waals surface area contributed by atoms with Crippen LogP contribution in [-0.2, 0) is 16.1 Å². The van der Waals surface area contributed by atoms with Crippen molar-refractivity contribution in [2.45, 2.75) is 76.3 Å². The van der Waals surface area contributed by atoms with E-state index in [0.717, 1.165) is 62.7 Å². The van der Waals surface area contributed by atoms with Crippen molar-refractivity contribution in [1.29, 1.82) is 0 Å². The largest absolute Gasteiger partial charge is 0.755 e. The van der Waals surface area contributed by atoms with Crippen molar-refractivity contribution in [1.82, 2.24) is 9.88 Å². The van der Waals surface area contributed by atoms with Crippen LogP contribution in [0.3, 0.4) is 0 Å². The third-order valence-corrected chi connectivity index (χ3v) is 7.32. The number of nitrogens with one attached hydrogen (secondary N) is 1. The molecule has 2 amide bonds. The van der Waals surface area contributed by atoms with Gasteiger partial charge in [0.1, 0.15) is 11.5 Å². The molecule has 2 N–H and O–H groups in total. The Balaban J connectivity index is 1.72. The van der Waals surface area contributed by atoms with Gasteiger partial charge in [-0.1, -0.05) is 49.9 Å². The Hall–Kier alpha value is -1.72. The Bertz CT molecular complexity index is 714. The van der Waals surface area contributed by atoms with Gasteiger partial charge in [0, 0.05) is 23.4 Å². The van der Waals surface area contributed by atoms with Gasteiger partial charge < -0.3 is 14.6 Å². The Labute approximate surface area is 176 Å². The number of urea groups is 1. The molecule has 3 rings (SSSR count). The number of carboxylic acids is 1. The highest BCUT2D eigenvalue weighted by atomic mass is 32.2. The van der Waals surface area contributed by atoms with Gasteiger partial charge in [0.2, 0.25) is 0 Å². The topological polar surface area (TPSA) is 126 Å². The van der Waals surface area contributed by atoms with Crippen molar-refractivity contribution < 1.29 is 23.5 Å². The quantitative estimate of drug-likeness (QED) is 0.623. The zero-order valence-electron chi connectivity index (χ0n) is 16.2. The van der Waals surface area contributed by atoms with E-state index in [4.69, 9.17) is 5.11 Å². The summed E-state index contributed by atoms with van der Waals surface area (Å²) in [5.41, 5.74) is 0. The van der Waals surface area contributed by atoms with Gasteiger partial charge in [-0.25, -0.2) is 9.78 Å². The number of hydrogen-bond donors (Lipinski definition) is 2. The predicted molar refractivity (Wildman–Crippen MR) is 111 cm³/mol. The van der Waals surface area contributed by atoms with Crippen LogP contribution < -0.4 is 9.62 Å². The van der Waals surface area contributed by atoms with Crippen molar-refractivity contribution in [3.63, 3.8) is 0 Å². The Morgan fingerprint density at radius 1 is 1.14 bits per heavy atom. The number of aliphatic carboxylic acids is 1. The van der Waals surface area contributed by atoms with Gasteiger partial charge in [0.15, 0.2) is 5.13 Å². The summed E-state index contributed by atoms with van der Waals surface area (Å²) in [6.45, 7) is -0.692. The number of hydrogen-bond acceptors (Lipinski definition) is 6. The Kier molecular flexibility index (Phi) is 7.84. The first-order valence-electron chi connectivity index (χ1n) is 10.1. The fraction of sp³-hybridized carbons (Fsp3) is 0.722. The lowest BCUT2D eigenvalue weighted by Gasteiger charge is -2.41. The summed E-state index contributed by atoms with van der Waals surface area (Å²) in [5, 5.41) is 12.1. The third kappa shape index (κ3) is 5.89. The number of amides is 2. The first kappa shape index (κ1) is 22.0. The van der Waals surface area contributed by atoms with Crippen LogP contribution in [0.2, 0.25) is 0 Å². The van der Waals surface area contributed by atoms with Gasteiger partial charge in [0.05, 0.1) is 6.20 Å². The molecular formula is C18H27N4O5S2-. The Morgan fingerprint density at radius 2 is 1.69 bits per heavy atom. The van der Waals surface area contributed by atoms with Gasteiger partial charge in [-0.3, -0.25) is 18.6 Å². The lowest BCUT2D eigenvalue weighted by molar-refractivity contribution is -0.135. The van der Waals surface area contributed by atoms with Crippen molar-refractivity contribution in [3.8, 4) is 0 Å². The number of thiazole rings is 1. The molecule has 2 fully saturated rings. The fourth-order valence-electron chi connectivity index (χ4n) is 4.27. The van der Waals surface area contributed by atoms with E-state index < -0.39 is 23.8 Å². The van der Waals surface area contributed by atoms with Gasteiger partial charge in [0.25, 0.3) is 0 Å². The Morgan fingerprint density at radius 3 is 2.17 bits per heavy atom. The number of carbonyl (C=O) groups is 2. The number of anilines is 2. The van der Waals surface area contributed by atoms with Crippen molar-refractivity contribution in [3.05, 3.63) is 6.20 Å². The van der Waals surface area contributed by atoms with E-state index in [2.05, 4.69) is 10.3 Å². The summed E-state index contributed by atoms with van der Waals surface area (Å²) < 4.78 is 23.4. The maximum Gasteiger partial charge on any atom is 0.324 e. The molecule has 2 aliphatic rings. The molecule has 1 heterocycles. The van der Waals surface area contributed by atoms with Crippen molar-refractivity contribution >= 4 is 44.7 Å². The van der Waals surface area contributed by atoms with Crippen LogP contribution in [0.4, 0.5) is 14.9 Å². The minimum absolute atomic E-state index is 0.151. The van der Waals surface area contributed by atoms with E-state index >= 15 is 0 Å². The molecular weight excluding hydrogens is 416 g/mol. The lowest BCUT2D eigenvalue weighted by Crippen LogP contribution is -2.50. The van der Waals surface area contributed by atoms with Gasteiger partial charge >= 0.3 is 12.0 Å². The third-order valence-electron chi connectivity index (χ3n) is 5.58. The van der Waals surface area contributed by atoms with Crippen LogP contribution in [0.1, 0.15) is 64.2 Å². The van der Waals surface area contributed by atoms with Crippen molar-refractivity contribution in [2.75, 3.05) is 16.2 Å². The molecule has 0 spiro atoms. The molecule has 162 valence electrons. The zero-order valence-corrected chi connectivity index (χ0v) is 17.9. The standard InChI is InChI=1S/C18H28N4O5S2/c23-16(24)12-21(29(26)27)15-11-19-17(28-15)20-18(25)22(13-7-3-1-4-8-13)14-9-5-2-6-10-14/h11,13-14H,1-10,12H2,(H,23,24)(H,26,27)(H,19,20,25)/p-1. The van der Waals surface area contributed by atoms with Crippen LogP contribution >= 0.6 is 11.3 Å². The zero-order chi connectivity index (χ0) is 20.8. The van der Waals surface area contributed by atoms with Crippen LogP contribution in [-0.4, -0.2) is 54.4 Å². The second-order valence-electron chi connectivity index (χ2n) is 7.57. The first-order chi connectivity index (χ1) is 14.0. The van der Waals surface area contributed by atoms with E-state index in [9.17, 15) is 18.4 Å². The molecule has 0 bridgehead atoms. The molecule has 29 heavy (non-hydrogen) atoms. The van der Waals surface area contributed by atoms with Gasteiger partial charge in [-0.05, 0) is 25.7 Å². The molecule has 0 aliphatic heterocycles. The van der Waals surface area contributed by atoms with Crippen LogP contribution in [0.25, 0.3) is 0 Å². The summed E-state index contributed by atoms with van der Waals surface area (Å²) in [7, 11) is 0. The molecule has 9 nitrogen and oxygen atoms in total. The van der Waals surface area contributed by atoms with Crippen LogP contribution in [0.15, 0.2) is 6.20 Å². The summed E-state index contributed by atoms with van der Waals surface area (Å²) >= 11 is -1.79. The smallest absolute Gasteiger partial charge is 0.324 e. The molecule has 1 unspecified atom stereocenters. The predicted octanol–water partition coefficient (Wildman–Crippen LogP) is 3.33. The van der Waals surface area contributed by atoms with E-state index in [-0.39, 0.29) is 28.2 Å². The molecule has 1 aromatic rings. The van der Waals surface area contributed by atoms with E-state index in [1.165, 1.54) is 19.0 Å². The summed E-state index contributed by atoms with van der Waals surface area (Å²) in [4.78, 5) is 30.1. The molecule has 11 heteroatoms. The van der Waals surface area contributed by atoms with Gasteiger partial charge in [-0.15, -0.1) is 0 Å². The van der Waals surface area contributed by atoms with Gasteiger partial charge in [-0.2, -0.15) is 0 Å². The van der Waals surface area contributed by atoms with Crippen molar-refractivity contribution in [2.24, 2.45) is 0 Å².